The lowest BCUT2D eigenvalue weighted by Gasteiger charge is -2.18. The number of amides is 1. The first-order chi connectivity index (χ1) is 12.1. The Morgan fingerprint density at radius 3 is 2.35 bits per heavy atom. The van der Waals surface area contributed by atoms with Crippen molar-refractivity contribution < 1.29 is 27.4 Å². The molecule has 6 nitrogen and oxygen atoms in total. The molecule has 2 rings (SSSR count). The van der Waals surface area contributed by atoms with Crippen molar-refractivity contribution in [2.24, 2.45) is 5.73 Å². The molecule has 2 aromatic rings. The Kier molecular flexibility index (Phi) is 5.65. The average molecular weight is 435 g/mol. The number of rotatable bonds is 5. The van der Waals surface area contributed by atoms with Crippen LogP contribution in [-0.4, -0.2) is 24.7 Å². The number of ether oxygens (including phenoxy) is 2. The number of alkyl halides is 3. The number of methoxy groups -OCH3 is 2. The summed E-state index contributed by atoms with van der Waals surface area (Å²) >= 11 is 3.24. The van der Waals surface area contributed by atoms with Crippen molar-refractivity contribution in [1.29, 1.82) is 0 Å². The van der Waals surface area contributed by atoms with Crippen LogP contribution in [0.15, 0.2) is 33.5 Å². The molecule has 0 aliphatic rings. The fourth-order valence-electron chi connectivity index (χ4n) is 2.39. The van der Waals surface area contributed by atoms with E-state index in [1.807, 2.05) is 0 Å². The molecular formula is C16H14BrF3N2O4. The van der Waals surface area contributed by atoms with Crippen LogP contribution in [0.3, 0.4) is 0 Å². The summed E-state index contributed by atoms with van der Waals surface area (Å²) in [7, 11) is 2.78. The van der Waals surface area contributed by atoms with Gasteiger partial charge in [-0.2, -0.15) is 13.2 Å². The van der Waals surface area contributed by atoms with Gasteiger partial charge in [0.05, 0.1) is 25.2 Å². The minimum Gasteiger partial charge on any atom is -0.493 e. The summed E-state index contributed by atoms with van der Waals surface area (Å²) < 4.78 is 51.0. The van der Waals surface area contributed by atoms with Crippen molar-refractivity contribution in [3.8, 4) is 11.5 Å². The Bertz CT molecular complexity index is 910. The number of carbonyl (C=O) groups excluding carboxylic acids is 1. The average Bonchev–Trinajstić information content (AvgIpc) is 2.56. The molecule has 1 aromatic heterocycles. The number of halogens is 4. The summed E-state index contributed by atoms with van der Waals surface area (Å²) in [6.07, 6.45) is -4.79. The summed E-state index contributed by atoms with van der Waals surface area (Å²) in [5.41, 5.74) is 2.52. The second-order valence-electron chi connectivity index (χ2n) is 5.16. The van der Waals surface area contributed by atoms with E-state index >= 15 is 0 Å². The Labute approximate surface area is 154 Å². The molecule has 1 amide bonds. The maximum absolute atomic E-state index is 13.3. The zero-order valence-corrected chi connectivity index (χ0v) is 15.3. The fraction of sp³-hybridized carbons (Fsp3) is 0.250. The Balaban J connectivity index is 2.68. The van der Waals surface area contributed by atoms with E-state index < -0.39 is 35.4 Å². The highest BCUT2D eigenvalue weighted by atomic mass is 79.9. The largest absolute Gasteiger partial charge is 0.493 e. The van der Waals surface area contributed by atoms with Crippen LogP contribution < -0.4 is 20.8 Å². The normalized spacial score (nSPS) is 11.3. The van der Waals surface area contributed by atoms with Crippen LogP contribution >= 0.6 is 15.9 Å². The van der Waals surface area contributed by atoms with E-state index in [2.05, 4.69) is 15.9 Å². The first kappa shape index (κ1) is 19.8. The zero-order chi connectivity index (χ0) is 19.6. The van der Waals surface area contributed by atoms with Gasteiger partial charge in [-0.1, -0.05) is 6.07 Å². The summed E-state index contributed by atoms with van der Waals surface area (Å²) in [6, 6.07) is 4.40. The van der Waals surface area contributed by atoms with Gasteiger partial charge in [0.2, 0.25) is 0 Å². The van der Waals surface area contributed by atoms with Gasteiger partial charge in [-0.15, -0.1) is 0 Å². The van der Waals surface area contributed by atoms with Crippen molar-refractivity contribution in [3.63, 3.8) is 0 Å². The molecule has 0 atom stereocenters. The van der Waals surface area contributed by atoms with Gasteiger partial charge in [0.1, 0.15) is 11.3 Å². The molecule has 0 saturated heterocycles. The molecule has 0 unspecified atom stereocenters. The first-order valence-electron chi connectivity index (χ1n) is 7.12. The van der Waals surface area contributed by atoms with Gasteiger partial charge in [-0.05, 0) is 39.7 Å². The second-order valence-corrected chi connectivity index (χ2v) is 5.95. The molecule has 1 heterocycles. The molecule has 0 saturated carbocycles. The van der Waals surface area contributed by atoms with E-state index in [0.717, 1.165) is 6.07 Å². The lowest BCUT2D eigenvalue weighted by atomic mass is 10.1. The number of carbonyl (C=O) groups is 1. The molecule has 0 bridgehead atoms. The number of nitrogens with zero attached hydrogens (tertiary/aromatic N) is 1. The molecule has 0 aliphatic carbocycles. The number of nitrogens with two attached hydrogens (primary N) is 1. The van der Waals surface area contributed by atoms with Gasteiger partial charge in [0, 0.05) is 0 Å². The lowest BCUT2D eigenvalue weighted by molar-refractivity contribution is -0.144. The predicted molar refractivity (Wildman–Crippen MR) is 90.6 cm³/mol. The van der Waals surface area contributed by atoms with Gasteiger partial charge in [0.25, 0.3) is 11.5 Å². The Hall–Kier alpha value is -2.49. The van der Waals surface area contributed by atoms with Crippen molar-refractivity contribution in [1.82, 2.24) is 4.57 Å². The van der Waals surface area contributed by atoms with Crippen LogP contribution in [0, 0.1) is 0 Å². The minimum absolute atomic E-state index is 0.262. The van der Waals surface area contributed by atoms with E-state index in [4.69, 9.17) is 15.2 Å². The van der Waals surface area contributed by atoms with Crippen molar-refractivity contribution >= 4 is 21.8 Å². The van der Waals surface area contributed by atoms with E-state index in [1.165, 1.54) is 26.4 Å². The monoisotopic (exact) mass is 434 g/mol. The molecule has 0 radical (unpaired) electrons. The maximum Gasteiger partial charge on any atom is 0.431 e. The number of hydrogen-bond acceptors (Lipinski definition) is 4. The Morgan fingerprint density at radius 2 is 1.85 bits per heavy atom. The summed E-state index contributed by atoms with van der Waals surface area (Å²) in [5, 5.41) is 0. The van der Waals surface area contributed by atoms with Crippen LogP contribution in [-0.2, 0) is 12.7 Å². The molecule has 140 valence electrons. The van der Waals surface area contributed by atoms with E-state index in [0.29, 0.717) is 26.4 Å². The van der Waals surface area contributed by atoms with Crippen LogP contribution in [0.4, 0.5) is 13.2 Å². The van der Waals surface area contributed by atoms with Crippen molar-refractivity contribution in [2.45, 2.75) is 12.7 Å². The highest BCUT2D eigenvalue weighted by Gasteiger charge is 2.35. The van der Waals surface area contributed by atoms with Crippen LogP contribution in [0.2, 0.25) is 0 Å². The van der Waals surface area contributed by atoms with Gasteiger partial charge < -0.3 is 15.2 Å². The first-order valence-corrected chi connectivity index (χ1v) is 7.91. The molecule has 1 aromatic carbocycles. The zero-order valence-electron chi connectivity index (χ0n) is 13.7. The summed E-state index contributed by atoms with van der Waals surface area (Å²) in [5.74, 6) is -0.487. The number of primary amides is 1. The number of aromatic nitrogens is 1. The van der Waals surface area contributed by atoms with Gasteiger partial charge in [-0.3, -0.25) is 14.2 Å². The Morgan fingerprint density at radius 1 is 1.19 bits per heavy atom. The van der Waals surface area contributed by atoms with E-state index in [9.17, 15) is 22.8 Å². The quantitative estimate of drug-likeness (QED) is 0.783. The topological polar surface area (TPSA) is 83.5 Å². The molecule has 0 spiro atoms. The maximum atomic E-state index is 13.3. The second kappa shape index (κ2) is 7.40. The molecular weight excluding hydrogens is 421 g/mol. The summed E-state index contributed by atoms with van der Waals surface area (Å²) in [4.78, 5) is 23.7. The van der Waals surface area contributed by atoms with Crippen molar-refractivity contribution in [3.05, 3.63) is 55.9 Å². The number of hydrogen-bond donors (Lipinski definition) is 1. The highest BCUT2D eigenvalue weighted by molar-refractivity contribution is 9.10. The van der Waals surface area contributed by atoms with E-state index in [1.54, 1.807) is 0 Å². The summed E-state index contributed by atoms with van der Waals surface area (Å²) in [6.45, 7) is -0.463. The van der Waals surface area contributed by atoms with Crippen LogP contribution in [0.25, 0.3) is 0 Å². The molecule has 10 heteroatoms. The predicted octanol–water partition coefficient (Wildman–Crippen LogP) is 2.79. The number of benzene rings is 1. The molecule has 0 fully saturated rings. The molecule has 26 heavy (non-hydrogen) atoms. The van der Waals surface area contributed by atoms with Crippen LogP contribution in [0.1, 0.15) is 21.6 Å². The van der Waals surface area contributed by atoms with Crippen molar-refractivity contribution in [2.75, 3.05) is 14.2 Å². The minimum atomic E-state index is -4.79. The molecule has 2 N–H and O–H groups in total. The lowest BCUT2D eigenvalue weighted by Crippen LogP contribution is -2.34. The third-order valence-corrected chi connectivity index (χ3v) is 4.49. The van der Waals surface area contributed by atoms with Gasteiger partial charge in [0.15, 0.2) is 11.5 Å². The smallest absolute Gasteiger partial charge is 0.431 e. The standard InChI is InChI=1S/C16H14BrF3N2O4/c1-25-10-5-3-8(12(17)13(10)26-2)7-22-11(16(18,19)20)6-4-9(14(21)23)15(22)24/h3-6H,7H2,1-2H3,(H2,21,23). The van der Waals surface area contributed by atoms with Crippen LogP contribution in [0.5, 0.6) is 11.5 Å². The molecule has 0 aliphatic heterocycles. The van der Waals surface area contributed by atoms with E-state index in [-0.39, 0.29) is 5.75 Å². The van der Waals surface area contributed by atoms with Gasteiger partial charge in [-0.25, -0.2) is 0 Å². The number of pyridine rings is 1. The third-order valence-electron chi connectivity index (χ3n) is 3.62. The fourth-order valence-corrected chi connectivity index (χ4v) is 3.01. The highest BCUT2D eigenvalue weighted by Crippen LogP contribution is 2.38. The van der Waals surface area contributed by atoms with Gasteiger partial charge >= 0.3 is 6.18 Å². The third kappa shape index (κ3) is 3.69. The SMILES string of the molecule is COc1ccc(Cn2c(C(F)(F)F)ccc(C(N)=O)c2=O)c(Br)c1OC.